The number of carbonyl (C=O) groups excluding carboxylic acids is 1. The lowest BCUT2D eigenvalue weighted by Gasteiger charge is -2.37. The van der Waals surface area contributed by atoms with Crippen LogP contribution in [0.3, 0.4) is 0 Å². The van der Waals surface area contributed by atoms with Crippen molar-refractivity contribution < 1.29 is 14.6 Å². The molecule has 0 bridgehead atoms. The van der Waals surface area contributed by atoms with E-state index in [0.29, 0.717) is 0 Å². The Morgan fingerprint density at radius 2 is 2.10 bits per heavy atom. The first kappa shape index (κ1) is 22.6. The second kappa shape index (κ2) is 9.40. The number of esters is 1. The van der Waals surface area contributed by atoms with Crippen molar-refractivity contribution in [3.8, 4) is 11.8 Å². The molecule has 162 valence electrons. The summed E-state index contributed by atoms with van der Waals surface area (Å²) >= 11 is 0. The van der Waals surface area contributed by atoms with Crippen LogP contribution in [0.4, 0.5) is 0 Å². The van der Waals surface area contributed by atoms with Crippen molar-refractivity contribution >= 4 is 5.97 Å². The van der Waals surface area contributed by atoms with Crippen LogP contribution in [0.1, 0.15) is 85.5 Å². The van der Waals surface area contributed by atoms with Gasteiger partial charge in [-0.2, -0.15) is 0 Å². The van der Waals surface area contributed by atoms with E-state index in [4.69, 9.17) is 4.74 Å². The minimum atomic E-state index is -0.917. The van der Waals surface area contributed by atoms with Gasteiger partial charge < -0.3 is 9.84 Å². The van der Waals surface area contributed by atoms with Gasteiger partial charge >= 0.3 is 5.97 Å². The van der Waals surface area contributed by atoms with E-state index in [1.54, 1.807) is 13.8 Å². The summed E-state index contributed by atoms with van der Waals surface area (Å²) in [6.07, 6.45) is 18.5. The van der Waals surface area contributed by atoms with Gasteiger partial charge in [-0.1, -0.05) is 54.2 Å². The molecule has 3 rings (SSSR count). The molecule has 3 nitrogen and oxygen atoms in total. The number of ether oxygens (including phenoxy) is 1. The number of hydrogen-bond acceptors (Lipinski definition) is 3. The van der Waals surface area contributed by atoms with E-state index in [-0.39, 0.29) is 17.5 Å². The number of fused-ring (bicyclic) bond motifs is 1. The lowest BCUT2D eigenvalue weighted by atomic mass is 9.67. The van der Waals surface area contributed by atoms with Crippen molar-refractivity contribution in [1.29, 1.82) is 0 Å². The van der Waals surface area contributed by atoms with Gasteiger partial charge in [0, 0.05) is 25.2 Å². The minimum Gasteiger partial charge on any atom is -0.462 e. The van der Waals surface area contributed by atoms with Gasteiger partial charge in [0.1, 0.15) is 11.7 Å². The molecule has 3 aliphatic carbocycles. The predicted molar refractivity (Wildman–Crippen MR) is 122 cm³/mol. The summed E-state index contributed by atoms with van der Waals surface area (Å²) in [6.45, 7) is 7.32. The number of aliphatic hydroxyl groups is 1. The molecule has 3 aliphatic rings. The molecule has 1 N–H and O–H groups in total. The van der Waals surface area contributed by atoms with Crippen LogP contribution in [-0.4, -0.2) is 22.8 Å². The first-order valence-electron chi connectivity index (χ1n) is 11.4. The Morgan fingerprint density at radius 3 is 2.83 bits per heavy atom. The SMILES string of the molecule is CC(=O)OC1CCC/C(=C/C=C2\CCCC3(C)C(CCC#CC(C)(C)O)=CC=C23)C1. The van der Waals surface area contributed by atoms with Crippen molar-refractivity contribution in [3.63, 3.8) is 0 Å². The smallest absolute Gasteiger partial charge is 0.302 e. The zero-order valence-electron chi connectivity index (χ0n) is 19.0. The molecule has 0 aliphatic heterocycles. The molecular formula is C27H36O3. The van der Waals surface area contributed by atoms with Crippen LogP contribution >= 0.6 is 0 Å². The summed E-state index contributed by atoms with van der Waals surface area (Å²) < 4.78 is 5.43. The molecule has 0 radical (unpaired) electrons. The van der Waals surface area contributed by atoms with E-state index in [0.717, 1.165) is 44.9 Å². The van der Waals surface area contributed by atoms with Crippen molar-refractivity contribution in [2.24, 2.45) is 5.41 Å². The summed E-state index contributed by atoms with van der Waals surface area (Å²) in [6, 6.07) is 0. The Labute approximate surface area is 182 Å². The van der Waals surface area contributed by atoms with Gasteiger partial charge in [-0.25, -0.2) is 0 Å². The number of hydrogen-bond donors (Lipinski definition) is 1. The standard InChI is InChI=1S/C27H36O3/c1-20(28)30-24-12-7-9-21(19-24)13-14-22-10-8-18-27(4)23(15-16-25(22)27)11-5-6-17-26(2,3)29/h13-16,24,29H,5,7-12,18-19H2,1-4H3/b21-13-,22-14+. The van der Waals surface area contributed by atoms with Crippen LogP contribution in [0.5, 0.6) is 0 Å². The molecule has 0 heterocycles. The molecule has 2 saturated carbocycles. The lowest BCUT2D eigenvalue weighted by Crippen LogP contribution is -2.24. The van der Waals surface area contributed by atoms with E-state index >= 15 is 0 Å². The van der Waals surface area contributed by atoms with Gasteiger partial charge in [0.25, 0.3) is 0 Å². The van der Waals surface area contributed by atoms with Crippen molar-refractivity contribution in [2.75, 3.05) is 0 Å². The Hall–Kier alpha value is -2.05. The Balaban J connectivity index is 1.66. The largest absolute Gasteiger partial charge is 0.462 e. The summed E-state index contributed by atoms with van der Waals surface area (Å²) in [4.78, 5) is 11.3. The molecule has 2 atom stereocenters. The molecule has 2 fully saturated rings. The molecule has 0 amide bonds. The molecule has 30 heavy (non-hydrogen) atoms. The fourth-order valence-electron chi connectivity index (χ4n) is 5.02. The van der Waals surface area contributed by atoms with Crippen LogP contribution in [0, 0.1) is 17.3 Å². The van der Waals surface area contributed by atoms with Crippen LogP contribution in [0.15, 0.2) is 46.6 Å². The lowest BCUT2D eigenvalue weighted by molar-refractivity contribution is -0.147. The Morgan fingerprint density at radius 1 is 1.30 bits per heavy atom. The molecule has 0 aromatic heterocycles. The van der Waals surface area contributed by atoms with E-state index < -0.39 is 5.60 Å². The number of rotatable bonds is 4. The zero-order chi connectivity index (χ0) is 21.8. The van der Waals surface area contributed by atoms with Gasteiger partial charge in [0.2, 0.25) is 0 Å². The maximum atomic E-state index is 11.3. The van der Waals surface area contributed by atoms with Gasteiger partial charge in [-0.15, -0.1) is 0 Å². The molecule has 2 unspecified atom stereocenters. The zero-order valence-corrected chi connectivity index (χ0v) is 19.0. The molecule has 0 spiro atoms. The average Bonchev–Trinajstić information content (AvgIpc) is 2.99. The normalized spacial score (nSPS) is 29.0. The minimum absolute atomic E-state index is 0.0431. The first-order chi connectivity index (χ1) is 14.2. The summed E-state index contributed by atoms with van der Waals surface area (Å²) in [5.74, 6) is 5.88. The van der Waals surface area contributed by atoms with Gasteiger partial charge in [0.05, 0.1) is 0 Å². The number of carbonyl (C=O) groups is 1. The fraction of sp³-hybridized carbons (Fsp3) is 0.593. The second-order valence-corrected chi connectivity index (χ2v) is 9.66. The maximum absolute atomic E-state index is 11.3. The quantitative estimate of drug-likeness (QED) is 0.461. The fourth-order valence-corrected chi connectivity index (χ4v) is 5.02. The van der Waals surface area contributed by atoms with Crippen LogP contribution in [0.2, 0.25) is 0 Å². The molecule has 3 heteroatoms. The third kappa shape index (κ3) is 5.76. The molecular weight excluding hydrogens is 372 g/mol. The third-order valence-corrected chi connectivity index (χ3v) is 6.50. The maximum Gasteiger partial charge on any atom is 0.302 e. The van der Waals surface area contributed by atoms with Gasteiger partial charge in [-0.3, -0.25) is 4.79 Å². The highest BCUT2D eigenvalue weighted by Crippen LogP contribution is 2.52. The highest BCUT2D eigenvalue weighted by atomic mass is 16.5. The Kier molecular flexibility index (Phi) is 7.09. The summed E-state index contributed by atoms with van der Waals surface area (Å²) in [5.41, 5.74) is 4.96. The Bertz CT molecular complexity index is 851. The summed E-state index contributed by atoms with van der Waals surface area (Å²) in [5, 5.41) is 9.77. The molecule has 0 saturated heterocycles. The van der Waals surface area contributed by atoms with E-state index in [9.17, 15) is 9.90 Å². The van der Waals surface area contributed by atoms with E-state index in [2.05, 4.69) is 43.1 Å². The third-order valence-electron chi connectivity index (χ3n) is 6.50. The molecule has 0 aromatic rings. The first-order valence-corrected chi connectivity index (χ1v) is 11.4. The predicted octanol–water partition coefficient (Wildman–Crippen LogP) is 5.96. The van der Waals surface area contributed by atoms with Crippen LogP contribution in [-0.2, 0) is 9.53 Å². The highest BCUT2D eigenvalue weighted by molar-refractivity contribution is 5.66. The van der Waals surface area contributed by atoms with E-state index in [1.165, 1.54) is 42.1 Å². The van der Waals surface area contributed by atoms with Crippen molar-refractivity contribution in [2.45, 2.75) is 97.2 Å². The topological polar surface area (TPSA) is 46.5 Å². The number of allylic oxidation sites excluding steroid dienone is 7. The average molecular weight is 409 g/mol. The summed E-state index contributed by atoms with van der Waals surface area (Å²) in [7, 11) is 0. The van der Waals surface area contributed by atoms with E-state index in [1.807, 2.05) is 0 Å². The highest BCUT2D eigenvalue weighted by Gasteiger charge is 2.39. The van der Waals surface area contributed by atoms with Gasteiger partial charge in [0.15, 0.2) is 0 Å². The van der Waals surface area contributed by atoms with Crippen LogP contribution < -0.4 is 0 Å². The monoisotopic (exact) mass is 408 g/mol. The molecule has 0 aromatic carbocycles. The van der Waals surface area contributed by atoms with Gasteiger partial charge in [-0.05, 0) is 69.9 Å². The van der Waals surface area contributed by atoms with Crippen molar-refractivity contribution in [1.82, 2.24) is 0 Å². The second-order valence-electron chi connectivity index (χ2n) is 9.66. The van der Waals surface area contributed by atoms with Crippen molar-refractivity contribution in [3.05, 3.63) is 46.6 Å². The van der Waals surface area contributed by atoms with Crippen LogP contribution in [0.25, 0.3) is 0 Å².